The molecule has 17 heavy (non-hydrogen) atoms. The fourth-order valence-electron chi connectivity index (χ4n) is 1.50. The quantitative estimate of drug-likeness (QED) is 0.673. The summed E-state index contributed by atoms with van der Waals surface area (Å²) in [6, 6.07) is 0. The van der Waals surface area contributed by atoms with Gasteiger partial charge in [0.25, 0.3) is 5.56 Å². The Bertz CT molecular complexity index is 490. The topological polar surface area (TPSA) is 81.0 Å². The molecule has 0 saturated carbocycles. The van der Waals surface area contributed by atoms with Gasteiger partial charge in [-0.25, -0.2) is 9.48 Å². The monoisotopic (exact) mass is 241 g/mol. The Morgan fingerprint density at radius 3 is 2.53 bits per heavy atom. The summed E-state index contributed by atoms with van der Waals surface area (Å²) in [5.74, 6) is 0.571. The molecule has 7 heteroatoms. The Labute approximate surface area is 99.5 Å². The molecule has 0 bridgehead atoms. The molecule has 0 aliphatic heterocycles. The van der Waals surface area contributed by atoms with E-state index in [1.807, 2.05) is 7.05 Å². The second-order valence-electron chi connectivity index (χ2n) is 4.16. The maximum absolute atomic E-state index is 11.7. The Kier molecular flexibility index (Phi) is 4.45. The molecule has 1 unspecified atom stereocenters. The highest BCUT2D eigenvalue weighted by molar-refractivity contribution is 5.29. The third-order valence-corrected chi connectivity index (χ3v) is 2.49. The van der Waals surface area contributed by atoms with Crippen LogP contribution < -0.4 is 21.9 Å². The van der Waals surface area contributed by atoms with E-state index in [1.165, 1.54) is 14.1 Å². The lowest BCUT2D eigenvalue weighted by Crippen LogP contribution is -2.40. The molecule has 0 radical (unpaired) electrons. The van der Waals surface area contributed by atoms with E-state index in [4.69, 9.17) is 0 Å². The van der Waals surface area contributed by atoms with Crippen molar-refractivity contribution in [3.8, 4) is 0 Å². The van der Waals surface area contributed by atoms with Crippen molar-refractivity contribution in [1.29, 1.82) is 0 Å². The summed E-state index contributed by atoms with van der Waals surface area (Å²) in [6.45, 7) is 3.52. The van der Waals surface area contributed by atoms with Gasteiger partial charge in [0.15, 0.2) is 0 Å². The van der Waals surface area contributed by atoms with Gasteiger partial charge >= 0.3 is 5.69 Å². The van der Waals surface area contributed by atoms with Crippen molar-refractivity contribution in [3.05, 3.63) is 20.8 Å². The van der Waals surface area contributed by atoms with Crippen molar-refractivity contribution in [2.75, 3.05) is 25.5 Å². The lowest BCUT2D eigenvalue weighted by Gasteiger charge is -2.12. The molecule has 0 fully saturated rings. The molecule has 0 amide bonds. The van der Waals surface area contributed by atoms with Crippen molar-refractivity contribution < 1.29 is 0 Å². The van der Waals surface area contributed by atoms with E-state index in [0.717, 1.165) is 15.8 Å². The summed E-state index contributed by atoms with van der Waals surface area (Å²) in [6.07, 6.45) is 0. The van der Waals surface area contributed by atoms with E-state index >= 15 is 0 Å². The number of nitrogens with one attached hydrogen (secondary N) is 2. The molecule has 7 nitrogen and oxygen atoms in total. The minimum absolute atomic E-state index is 0.206. The zero-order valence-corrected chi connectivity index (χ0v) is 10.6. The van der Waals surface area contributed by atoms with Crippen LogP contribution in [0.25, 0.3) is 0 Å². The molecule has 1 atom stereocenters. The Balaban J connectivity index is 2.86. The third-order valence-electron chi connectivity index (χ3n) is 2.49. The summed E-state index contributed by atoms with van der Waals surface area (Å²) < 4.78 is 2.19. The first-order valence-corrected chi connectivity index (χ1v) is 5.50. The molecule has 1 heterocycles. The van der Waals surface area contributed by atoms with E-state index in [1.54, 1.807) is 0 Å². The molecule has 1 aromatic heterocycles. The van der Waals surface area contributed by atoms with Crippen molar-refractivity contribution in [2.24, 2.45) is 20.0 Å². The summed E-state index contributed by atoms with van der Waals surface area (Å²) in [4.78, 5) is 23.1. The minimum atomic E-state index is -0.427. The van der Waals surface area contributed by atoms with E-state index in [2.05, 4.69) is 22.7 Å². The Hall–Kier alpha value is -1.63. The number of nitrogens with zero attached hydrogens (tertiary/aromatic N) is 3. The maximum atomic E-state index is 11.7. The highest BCUT2D eigenvalue weighted by Gasteiger charge is 2.09. The first-order valence-electron chi connectivity index (χ1n) is 5.50. The van der Waals surface area contributed by atoms with Crippen LogP contribution in [-0.2, 0) is 14.1 Å². The number of aromatic nitrogens is 3. The predicted octanol–water partition coefficient (Wildman–Crippen LogP) is -1.25. The minimum Gasteiger partial charge on any atom is -0.364 e. The fraction of sp³-hybridized carbons (Fsp3) is 0.700. The van der Waals surface area contributed by atoms with Crippen LogP contribution in [0.5, 0.6) is 0 Å². The average molecular weight is 241 g/mol. The predicted molar refractivity (Wildman–Crippen MR) is 66.3 cm³/mol. The third kappa shape index (κ3) is 3.16. The second kappa shape index (κ2) is 5.62. The van der Waals surface area contributed by atoms with E-state index in [9.17, 15) is 9.59 Å². The van der Waals surface area contributed by atoms with Gasteiger partial charge in [-0.15, -0.1) is 5.10 Å². The van der Waals surface area contributed by atoms with Gasteiger partial charge in [0, 0.05) is 20.6 Å². The normalized spacial score (nSPS) is 12.5. The number of aryl methyl sites for hydroxylation is 1. The number of rotatable bonds is 5. The number of hydrogen-bond acceptors (Lipinski definition) is 5. The van der Waals surface area contributed by atoms with Crippen LogP contribution in [0.1, 0.15) is 6.92 Å². The number of anilines is 1. The molecule has 1 aromatic rings. The molecule has 0 aromatic carbocycles. The smallest absolute Gasteiger partial charge is 0.346 e. The van der Waals surface area contributed by atoms with E-state index in [-0.39, 0.29) is 5.82 Å². The summed E-state index contributed by atoms with van der Waals surface area (Å²) in [7, 11) is 4.83. The van der Waals surface area contributed by atoms with Crippen LogP contribution in [0, 0.1) is 5.92 Å². The molecule has 0 aliphatic carbocycles. The zero-order chi connectivity index (χ0) is 13.0. The lowest BCUT2D eigenvalue weighted by molar-refractivity contribution is 0.560. The standard InChI is InChI=1S/C10H19N5O2/c1-7(5-11-2)6-12-8-9(16)14(3)10(17)15(4)13-8/h7,11H,5-6H2,1-4H3,(H,12,13). The summed E-state index contributed by atoms with van der Waals surface area (Å²) >= 11 is 0. The maximum Gasteiger partial charge on any atom is 0.346 e. The highest BCUT2D eigenvalue weighted by atomic mass is 16.2. The molecule has 96 valence electrons. The van der Waals surface area contributed by atoms with Crippen LogP contribution in [0.3, 0.4) is 0 Å². The van der Waals surface area contributed by atoms with Crippen LogP contribution in [0.15, 0.2) is 9.59 Å². The molecule has 0 aliphatic rings. The fourth-order valence-corrected chi connectivity index (χ4v) is 1.50. The molecular formula is C10H19N5O2. The molecule has 0 saturated heterocycles. The van der Waals surface area contributed by atoms with Crippen molar-refractivity contribution in [3.63, 3.8) is 0 Å². The van der Waals surface area contributed by atoms with Gasteiger partial charge in [-0.05, 0) is 19.5 Å². The van der Waals surface area contributed by atoms with Crippen molar-refractivity contribution >= 4 is 5.82 Å². The van der Waals surface area contributed by atoms with Crippen molar-refractivity contribution in [1.82, 2.24) is 19.7 Å². The number of hydrogen-bond donors (Lipinski definition) is 2. The van der Waals surface area contributed by atoms with Crippen LogP contribution >= 0.6 is 0 Å². The van der Waals surface area contributed by atoms with E-state index < -0.39 is 11.2 Å². The summed E-state index contributed by atoms with van der Waals surface area (Å²) in [5.41, 5.74) is -0.825. The molecule has 1 rings (SSSR count). The highest BCUT2D eigenvalue weighted by Crippen LogP contribution is 1.95. The van der Waals surface area contributed by atoms with Gasteiger partial charge in [0.2, 0.25) is 5.82 Å². The van der Waals surface area contributed by atoms with Gasteiger partial charge < -0.3 is 10.6 Å². The van der Waals surface area contributed by atoms with Crippen LogP contribution in [-0.4, -0.2) is 34.5 Å². The van der Waals surface area contributed by atoms with Gasteiger partial charge in [-0.3, -0.25) is 9.36 Å². The van der Waals surface area contributed by atoms with Crippen LogP contribution in [0.4, 0.5) is 5.82 Å². The molecule has 0 spiro atoms. The average Bonchev–Trinajstić information content (AvgIpc) is 2.30. The van der Waals surface area contributed by atoms with Crippen LogP contribution in [0.2, 0.25) is 0 Å². The van der Waals surface area contributed by atoms with Gasteiger partial charge in [0.1, 0.15) is 0 Å². The largest absolute Gasteiger partial charge is 0.364 e. The summed E-state index contributed by atoms with van der Waals surface area (Å²) in [5, 5.41) is 9.92. The molecular weight excluding hydrogens is 222 g/mol. The SMILES string of the molecule is CNCC(C)CNc1nn(C)c(=O)n(C)c1=O. The van der Waals surface area contributed by atoms with Gasteiger partial charge in [-0.1, -0.05) is 6.92 Å². The second-order valence-corrected chi connectivity index (χ2v) is 4.16. The Morgan fingerprint density at radius 2 is 1.94 bits per heavy atom. The molecule has 2 N–H and O–H groups in total. The van der Waals surface area contributed by atoms with Gasteiger partial charge in [-0.2, -0.15) is 0 Å². The lowest BCUT2D eigenvalue weighted by atomic mass is 10.2. The first-order chi connectivity index (χ1) is 7.97. The van der Waals surface area contributed by atoms with Crippen molar-refractivity contribution in [2.45, 2.75) is 6.92 Å². The Morgan fingerprint density at radius 1 is 1.29 bits per heavy atom. The zero-order valence-electron chi connectivity index (χ0n) is 10.6. The first kappa shape index (κ1) is 13.4. The van der Waals surface area contributed by atoms with Gasteiger partial charge in [0.05, 0.1) is 0 Å². The van der Waals surface area contributed by atoms with E-state index in [0.29, 0.717) is 12.5 Å².